The number of rotatable bonds is 6. The summed E-state index contributed by atoms with van der Waals surface area (Å²) in [5.41, 5.74) is 0.539. The third-order valence-electron chi connectivity index (χ3n) is 3.51. The van der Waals surface area contributed by atoms with Crippen molar-refractivity contribution in [3.8, 4) is 0 Å². The van der Waals surface area contributed by atoms with Crippen LogP contribution < -0.4 is 0 Å². The number of allylic oxidation sites excluding steroid dienone is 1. The molecule has 1 heterocycles. The maximum atomic E-state index is 5.43. The van der Waals surface area contributed by atoms with Crippen molar-refractivity contribution < 1.29 is 9.47 Å². The lowest BCUT2D eigenvalue weighted by Gasteiger charge is -2.36. The van der Waals surface area contributed by atoms with E-state index in [2.05, 4.69) is 6.92 Å². The van der Waals surface area contributed by atoms with E-state index in [0.29, 0.717) is 5.41 Å². The van der Waals surface area contributed by atoms with Crippen LogP contribution in [0.4, 0.5) is 0 Å². The van der Waals surface area contributed by atoms with Crippen LogP contribution in [0.25, 0.3) is 0 Å². The number of ether oxygens (including phenoxy) is 2. The maximum Gasteiger partial charge on any atom is 0.0873 e. The fraction of sp³-hybridized carbons (Fsp3) is 0.846. The van der Waals surface area contributed by atoms with Crippen LogP contribution >= 0.6 is 0 Å². The Morgan fingerprint density at radius 2 is 2.07 bits per heavy atom. The summed E-state index contributed by atoms with van der Waals surface area (Å²) in [6, 6.07) is 0. The zero-order valence-electron chi connectivity index (χ0n) is 10.1. The van der Waals surface area contributed by atoms with Gasteiger partial charge in [-0.2, -0.15) is 0 Å². The van der Waals surface area contributed by atoms with Crippen LogP contribution in [0.2, 0.25) is 0 Å². The van der Waals surface area contributed by atoms with Gasteiger partial charge in [-0.15, -0.1) is 0 Å². The normalized spacial score (nSPS) is 20.7. The predicted octanol–water partition coefficient (Wildman–Crippen LogP) is 3.52. The summed E-state index contributed by atoms with van der Waals surface area (Å²) in [6.07, 6.45) is 9.90. The minimum absolute atomic E-state index is 0.539. The molecule has 0 bridgehead atoms. The Labute approximate surface area is 93.7 Å². The highest BCUT2D eigenvalue weighted by Gasteiger charge is 2.29. The van der Waals surface area contributed by atoms with Crippen molar-refractivity contribution in [2.24, 2.45) is 5.41 Å². The van der Waals surface area contributed by atoms with Crippen molar-refractivity contribution in [3.05, 3.63) is 12.3 Å². The largest absolute Gasteiger partial charge is 0.502 e. The molecule has 0 amide bonds. The topological polar surface area (TPSA) is 18.5 Å². The van der Waals surface area contributed by atoms with Gasteiger partial charge < -0.3 is 9.47 Å². The molecule has 2 heteroatoms. The lowest BCUT2D eigenvalue weighted by atomic mass is 9.74. The lowest BCUT2D eigenvalue weighted by molar-refractivity contribution is 0.00467. The molecule has 1 rings (SSSR count). The molecule has 1 fully saturated rings. The summed E-state index contributed by atoms with van der Waals surface area (Å²) in [7, 11) is 0. The monoisotopic (exact) mass is 212 g/mol. The fourth-order valence-electron chi connectivity index (χ4n) is 2.28. The molecule has 0 saturated carbocycles. The van der Waals surface area contributed by atoms with Gasteiger partial charge >= 0.3 is 0 Å². The average molecular weight is 212 g/mol. The van der Waals surface area contributed by atoms with Gasteiger partial charge in [0, 0.05) is 13.2 Å². The molecule has 1 saturated heterocycles. The van der Waals surface area contributed by atoms with Gasteiger partial charge in [-0.25, -0.2) is 0 Å². The third kappa shape index (κ3) is 4.25. The van der Waals surface area contributed by atoms with Crippen LogP contribution in [0.1, 0.15) is 46.0 Å². The van der Waals surface area contributed by atoms with Gasteiger partial charge in [-0.05, 0) is 38.0 Å². The summed E-state index contributed by atoms with van der Waals surface area (Å²) in [5, 5.41) is 0. The second kappa shape index (κ2) is 6.89. The van der Waals surface area contributed by atoms with Gasteiger partial charge in [0.05, 0.1) is 12.9 Å². The second-order valence-corrected chi connectivity index (χ2v) is 4.41. The first-order valence-electron chi connectivity index (χ1n) is 6.13. The van der Waals surface area contributed by atoms with E-state index in [1.165, 1.54) is 25.7 Å². The Kier molecular flexibility index (Phi) is 5.77. The minimum atomic E-state index is 0.539. The Hall–Kier alpha value is -0.500. The Morgan fingerprint density at radius 1 is 1.33 bits per heavy atom. The van der Waals surface area contributed by atoms with Crippen LogP contribution in [0, 0.1) is 5.41 Å². The Morgan fingerprint density at radius 3 is 2.67 bits per heavy atom. The van der Waals surface area contributed by atoms with Gasteiger partial charge in [0.15, 0.2) is 0 Å². The van der Waals surface area contributed by atoms with Crippen LogP contribution in [-0.4, -0.2) is 19.8 Å². The molecule has 0 radical (unpaired) electrons. The average Bonchev–Trinajstić information content (AvgIpc) is 2.30. The van der Waals surface area contributed by atoms with E-state index in [9.17, 15) is 0 Å². The Bertz CT molecular complexity index is 181. The third-order valence-corrected chi connectivity index (χ3v) is 3.51. The van der Waals surface area contributed by atoms with Gasteiger partial charge in [0.25, 0.3) is 0 Å². The summed E-state index contributed by atoms with van der Waals surface area (Å²) in [4.78, 5) is 0. The van der Waals surface area contributed by atoms with E-state index in [1.54, 1.807) is 6.26 Å². The molecule has 0 aliphatic carbocycles. The summed E-state index contributed by atoms with van der Waals surface area (Å²) in [6.45, 7) is 7.03. The van der Waals surface area contributed by atoms with E-state index in [0.717, 1.165) is 26.2 Å². The smallest absolute Gasteiger partial charge is 0.0873 e. The van der Waals surface area contributed by atoms with Crippen LogP contribution in [0.5, 0.6) is 0 Å². The number of hydrogen-bond acceptors (Lipinski definition) is 2. The fourth-order valence-corrected chi connectivity index (χ4v) is 2.28. The molecule has 0 aromatic heterocycles. The molecule has 1 aliphatic heterocycles. The summed E-state index contributed by atoms with van der Waals surface area (Å²) >= 11 is 0. The van der Waals surface area contributed by atoms with Crippen molar-refractivity contribution in [2.75, 3.05) is 19.8 Å². The highest BCUT2D eigenvalue weighted by atomic mass is 16.5. The molecule has 0 N–H and O–H groups in total. The van der Waals surface area contributed by atoms with Gasteiger partial charge in [-0.1, -0.05) is 19.4 Å². The molecular formula is C13H24O2. The van der Waals surface area contributed by atoms with E-state index in [-0.39, 0.29) is 0 Å². The quantitative estimate of drug-likeness (QED) is 0.495. The summed E-state index contributed by atoms with van der Waals surface area (Å²) in [5.74, 6) is 0. The number of hydrogen-bond donors (Lipinski definition) is 0. The molecule has 0 atom stereocenters. The highest BCUT2D eigenvalue weighted by molar-refractivity contribution is 4.80. The molecule has 88 valence electrons. The first-order valence-corrected chi connectivity index (χ1v) is 6.13. The molecule has 2 nitrogen and oxygen atoms in total. The van der Waals surface area contributed by atoms with Crippen LogP contribution in [-0.2, 0) is 9.47 Å². The van der Waals surface area contributed by atoms with E-state index in [4.69, 9.17) is 9.47 Å². The Balaban J connectivity index is 2.20. The highest BCUT2D eigenvalue weighted by Crippen LogP contribution is 2.38. The summed E-state index contributed by atoms with van der Waals surface area (Å²) < 4.78 is 10.8. The zero-order valence-corrected chi connectivity index (χ0v) is 10.1. The SMILES string of the molecule is C/C=C/OCCCC1(CC)CCOCC1. The van der Waals surface area contributed by atoms with Crippen LogP contribution in [0.15, 0.2) is 12.3 Å². The first-order chi connectivity index (χ1) is 7.33. The van der Waals surface area contributed by atoms with Gasteiger partial charge in [0.1, 0.15) is 0 Å². The van der Waals surface area contributed by atoms with Gasteiger partial charge in [-0.3, -0.25) is 0 Å². The predicted molar refractivity (Wildman–Crippen MR) is 62.8 cm³/mol. The zero-order chi connectivity index (χ0) is 11.0. The molecule has 15 heavy (non-hydrogen) atoms. The van der Waals surface area contributed by atoms with Crippen LogP contribution in [0.3, 0.4) is 0 Å². The molecule has 0 aromatic rings. The first kappa shape index (κ1) is 12.6. The molecule has 0 aromatic carbocycles. The van der Waals surface area contributed by atoms with Crippen molar-refractivity contribution in [3.63, 3.8) is 0 Å². The molecule has 0 unspecified atom stereocenters. The molecular weight excluding hydrogens is 188 g/mol. The van der Waals surface area contributed by atoms with E-state index < -0.39 is 0 Å². The van der Waals surface area contributed by atoms with Gasteiger partial charge in [0.2, 0.25) is 0 Å². The van der Waals surface area contributed by atoms with E-state index >= 15 is 0 Å². The van der Waals surface area contributed by atoms with Crippen molar-refractivity contribution in [1.82, 2.24) is 0 Å². The lowest BCUT2D eigenvalue weighted by Crippen LogP contribution is -2.29. The second-order valence-electron chi connectivity index (χ2n) is 4.41. The maximum absolute atomic E-state index is 5.43. The minimum Gasteiger partial charge on any atom is -0.502 e. The van der Waals surface area contributed by atoms with E-state index in [1.807, 2.05) is 13.0 Å². The molecule has 1 aliphatic rings. The van der Waals surface area contributed by atoms with Crippen molar-refractivity contribution in [2.45, 2.75) is 46.0 Å². The standard InChI is InChI=1S/C13H24O2/c1-3-9-14-10-5-6-13(4-2)7-11-15-12-8-13/h3,9H,4-8,10-12H2,1-2H3/b9-3+. The van der Waals surface area contributed by atoms with Crippen molar-refractivity contribution in [1.29, 1.82) is 0 Å². The van der Waals surface area contributed by atoms with Crippen molar-refractivity contribution >= 4 is 0 Å². The molecule has 0 spiro atoms.